The van der Waals surface area contributed by atoms with Crippen molar-refractivity contribution in [3.63, 3.8) is 0 Å². The van der Waals surface area contributed by atoms with E-state index in [1.54, 1.807) is 0 Å². The second-order valence-electron chi connectivity index (χ2n) is 11.0. The maximum absolute atomic E-state index is 9.77. The van der Waals surface area contributed by atoms with E-state index in [1.807, 2.05) is 115 Å². The lowest BCUT2D eigenvalue weighted by atomic mass is 9.95. The maximum atomic E-state index is 9.77. The molecule has 5 nitrogen and oxygen atoms in total. The van der Waals surface area contributed by atoms with Crippen molar-refractivity contribution >= 4 is 21.8 Å². The Hall–Kier alpha value is -6.51. The van der Waals surface area contributed by atoms with Crippen LogP contribution >= 0.6 is 0 Å². The highest BCUT2D eigenvalue weighted by atomic mass is 14.9. The number of rotatable bonds is 5. The average Bonchev–Trinajstić information content (AvgIpc) is 3.14. The van der Waals surface area contributed by atoms with E-state index in [4.69, 9.17) is 19.9 Å². The van der Waals surface area contributed by atoms with E-state index in [1.165, 1.54) is 0 Å². The van der Waals surface area contributed by atoms with Crippen LogP contribution in [0.5, 0.6) is 0 Å². The minimum absolute atomic E-state index is 0.631. The third kappa shape index (κ3) is 4.94. The molecule has 0 unspecified atom stereocenters. The largest absolute Gasteiger partial charge is 0.244 e. The van der Waals surface area contributed by atoms with Gasteiger partial charge in [-0.15, -0.1) is 0 Å². The second-order valence-corrected chi connectivity index (χ2v) is 11.0. The minimum atomic E-state index is 0.631. The van der Waals surface area contributed by atoms with Gasteiger partial charge in [-0.05, 0) is 29.7 Å². The van der Waals surface area contributed by atoms with E-state index in [9.17, 15) is 5.26 Å². The Morgan fingerprint density at radius 2 is 0.957 bits per heavy atom. The highest BCUT2D eigenvalue weighted by Gasteiger charge is 2.17. The van der Waals surface area contributed by atoms with Gasteiger partial charge in [0, 0.05) is 33.2 Å². The lowest BCUT2D eigenvalue weighted by molar-refractivity contribution is 1.18. The zero-order valence-electron chi connectivity index (χ0n) is 24.7. The first kappa shape index (κ1) is 27.1. The lowest BCUT2D eigenvalue weighted by Gasteiger charge is -2.14. The summed E-state index contributed by atoms with van der Waals surface area (Å²) in [7, 11) is 0. The van der Waals surface area contributed by atoms with E-state index in [0.29, 0.717) is 11.4 Å². The van der Waals surface area contributed by atoms with Crippen LogP contribution in [0.3, 0.4) is 0 Å². The van der Waals surface area contributed by atoms with Gasteiger partial charge in [-0.25, -0.2) is 19.9 Å². The van der Waals surface area contributed by atoms with Crippen LogP contribution in [0.25, 0.3) is 78.2 Å². The third-order valence-electron chi connectivity index (χ3n) is 8.15. The molecule has 8 aromatic rings. The van der Waals surface area contributed by atoms with Crippen molar-refractivity contribution in [2.75, 3.05) is 0 Å². The Bertz CT molecular complexity index is 2350. The topological polar surface area (TPSA) is 75.3 Å². The number of para-hydroxylation sites is 2. The minimum Gasteiger partial charge on any atom is -0.244 e. The molecule has 0 aliphatic carbocycles. The van der Waals surface area contributed by atoms with Crippen LogP contribution in [0.1, 0.15) is 5.56 Å². The Balaban J connectivity index is 1.28. The summed E-state index contributed by atoms with van der Waals surface area (Å²) in [6.45, 7) is 0. The molecule has 6 aromatic carbocycles. The van der Waals surface area contributed by atoms with E-state index in [-0.39, 0.29) is 0 Å². The standard InChI is InChI=1S/C41H25N5/c42-26-31-15-9-17-33-32(31)16-10-18-34(33)40-39(43-35-19-7-8-20-36(35)44-40)29-21-23-30(24-22-29)41-45-37(27-11-3-1-4-12-27)25-38(46-41)28-13-5-2-6-14-28/h1-25H. The highest BCUT2D eigenvalue weighted by Crippen LogP contribution is 2.37. The molecule has 2 heterocycles. The molecule has 0 aliphatic rings. The molecule has 214 valence electrons. The fraction of sp³-hybridized carbons (Fsp3) is 0. The molecule has 0 radical (unpaired) electrons. The van der Waals surface area contributed by atoms with Crippen LogP contribution in [-0.2, 0) is 0 Å². The van der Waals surface area contributed by atoms with Crippen LogP contribution in [0, 0.1) is 11.3 Å². The summed E-state index contributed by atoms with van der Waals surface area (Å²) in [4.78, 5) is 20.2. The first-order valence-corrected chi connectivity index (χ1v) is 15.0. The van der Waals surface area contributed by atoms with Gasteiger partial charge in [0.25, 0.3) is 0 Å². The quantitative estimate of drug-likeness (QED) is 0.200. The monoisotopic (exact) mass is 587 g/mol. The van der Waals surface area contributed by atoms with E-state index >= 15 is 0 Å². The molecular weight excluding hydrogens is 562 g/mol. The summed E-state index contributed by atoms with van der Waals surface area (Å²) >= 11 is 0. The van der Waals surface area contributed by atoms with Crippen molar-refractivity contribution in [2.24, 2.45) is 0 Å². The summed E-state index contributed by atoms with van der Waals surface area (Å²) in [5, 5.41) is 11.6. The fourth-order valence-corrected chi connectivity index (χ4v) is 5.87. The molecule has 0 saturated heterocycles. The van der Waals surface area contributed by atoms with Crippen LogP contribution in [-0.4, -0.2) is 19.9 Å². The lowest BCUT2D eigenvalue weighted by Crippen LogP contribution is -1.97. The smallest absolute Gasteiger partial charge is 0.160 e. The van der Waals surface area contributed by atoms with Gasteiger partial charge in [0.05, 0.1) is 45.4 Å². The molecule has 0 amide bonds. The zero-order valence-corrected chi connectivity index (χ0v) is 24.7. The number of fused-ring (bicyclic) bond motifs is 2. The molecule has 0 N–H and O–H groups in total. The summed E-state index contributed by atoms with van der Waals surface area (Å²) in [6, 6.07) is 52.7. The van der Waals surface area contributed by atoms with Crippen molar-refractivity contribution in [2.45, 2.75) is 0 Å². The van der Waals surface area contributed by atoms with Crippen molar-refractivity contribution in [1.82, 2.24) is 19.9 Å². The number of aromatic nitrogens is 4. The van der Waals surface area contributed by atoms with Gasteiger partial charge in [0.1, 0.15) is 0 Å². The predicted octanol–water partition coefficient (Wildman–Crippen LogP) is 9.78. The second kappa shape index (κ2) is 11.5. The Labute approximate surface area is 266 Å². The SMILES string of the molecule is N#Cc1cccc2c(-c3nc4ccccc4nc3-c3ccc(-c4nc(-c5ccccc5)cc(-c5ccccc5)n4)cc3)cccc12. The summed E-state index contributed by atoms with van der Waals surface area (Å²) in [6.07, 6.45) is 0. The molecular formula is C41H25N5. The third-order valence-corrected chi connectivity index (χ3v) is 8.15. The van der Waals surface area contributed by atoms with Crippen LogP contribution in [0.15, 0.2) is 152 Å². The van der Waals surface area contributed by atoms with E-state index in [0.717, 1.165) is 72.4 Å². The summed E-state index contributed by atoms with van der Waals surface area (Å²) in [5.74, 6) is 0.648. The van der Waals surface area contributed by atoms with Gasteiger partial charge < -0.3 is 0 Å². The van der Waals surface area contributed by atoms with Gasteiger partial charge in [-0.3, -0.25) is 0 Å². The molecule has 46 heavy (non-hydrogen) atoms. The average molecular weight is 588 g/mol. The molecule has 0 aliphatic heterocycles. The number of hydrogen-bond donors (Lipinski definition) is 0. The maximum Gasteiger partial charge on any atom is 0.160 e. The Morgan fingerprint density at radius 3 is 1.59 bits per heavy atom. The summed E-state index contributed by atoms with van der Waals surface area (Å²) in [5.41, 5.74) is 10.3. The molecule has 8 rings (SSSR count). The number of nitriles is 1. The summed E-state index contributed by atoms with van der Waals surface area (Å²) < 4.78 is 0. The zero-order chi connectivity index (χ0) is 30.9. The molecule has 0 spiro atoms. The molecule has 0 atom stereocenters. The molecule has 0 saturated carbocycles. The molecule has 0 bridgehead atoms. The number of nitrogens with zero attached hydrogens (tertiary/aromatic N) is 5. The van der Waals surface area contributed by atoms with Gasteiger partial charge in [-0.1, -0.05) is 127 Å². The number of benzene rings is 6. The van der Waals surface area contributed by atoms with Gasteiger partial charge >= 0.3 is 0 Å². The van der Waals surface area contributed by atoms with Crippen molar-refractivity contribution in [3.05, 3.63) is 157 Å². The normalized spacial score (nSPS) is 11.0. The van der Waals surface area contributed by atoms with Crippen molar-refractivity contribution in [1.29, 1.82) is 5.26 Å². The van der Waals surface area contributed by atoms with Gasteiger partial charge in [-0.2, -0.15) is 5.26 Å². The molecule has 2 aromatic heterocycles. The highest BCUT2D eigenvalue weighted by molar-refractivity contribution is 6.02. The van der Waals surface area contributed by atoms with E-state index < -0.39 is 0 Å². The first-order valence-electron chi connectivity index (χ1n) is 15.0. The fourth-order valence-electron chi connectivity index (χ4n) is 5.87. The van der Waals surface area contributed by atoms with E-state index in [2.05, 4.69) is 42.5 Å². The van der Waals surface area contributed by atoms with Gasteiger partial charge in [0.15, 0.2) is 5.82 Å². The van der Waals surface area contributed by atoms with Crippen LogP contribution in [0.4, 0.5) is 0 Å². The first-order chi connectivity index (χ1) is 22.7. The molecule has 5 heteroatoms. The van der Waals surface area contributed by atoms with Gasteiger partial charge in [0.2, 0.25) is 0 Å². The van der Waals surface area contributed by atoms with Crippen LogP contribution < -0.4 is 0 Å². The number of hydrogen-bond acceptors (Lipinski definition) is 5. The van der Waals surface area contributed by atoms with Crippen LogP contribution in [0.2, 0.25) is 0 Å². The predicted molar refractivity (Wildman–Crippen MR) is 185 cm³/mol. The van der Waals surface area contributed by atoms with Crippen molar-refractivity contribution in [3.8, 4) is 62.5 Å². The molecule has 0 fully saturated rings. The van der Waals surface area contributed by atoms with Crippen molar-refractivity contribution < 1.29 is 0 Å². The Kier molecular flexibility index (Phi) is 6.79. The Morgan fingerprint density at radius 1 is 0.413 bits per heavy atom.